The molecule has 0 amide bonds. The number of fused-ring (bicyclic) bond motifs is 1. The van der Waals surface area contributed by atoms with Crippen LogP contribution in [0, 0.1) is 0 Å². The van der Waals surface area contributed by atoms with Gasteiger partial charge in [0.05, 0.1) is 4.90 Å². The molecule has 0 saturated heterocycles. The normalized spacial score (nSPS) is 21.1. The van der Waals surface area contributed by atoms with Crippen LogP contribution in [0.25, 0.3) is 11.1 Å². The van der Waals surface area contributed by atoms with Crippen molar-refractivity contribution in [2.45, 2.75) is 62.4 Å². The molecule has 0 fully saturated rings. The van der Waals surface area contributed by atoms with Crippen molar-refractivity contribution < 1.29 is 27.4 Å². The van der Waals surface area contributed by atoms with Gasteiger partial charge in [-0.15, -0.1) is 0 Å². The number of rotatable bonds is 5. The summed E-state index contributed by atoms with van der Waals surface area (Å²) in [5, 5.41) is 0.454. The van der Waals surface area contributed by atoms with Crippen molar-refractivity contribution in [3.63, 3.8) is 0 Å². The van der Waals surface area contributed by atoms with Crippen molar-refractivity contribution >= 4 is 27.4 Å². The highest BCUT2D eigenvalue weighted by Gasteiger charge is 2.60. The van der Waals surface area contributed by atoms with Crippen LogP contribution in [0.5, 0.6) is 5.75 Å². The zero-order chi connectivity index (χ0) is 24.1. The van der Waals surface area contributed by atoms with E-state index in [4.69, 9.17) is 25.8 Å². The van der Waals surface area contributed by atoms with E-state index in [1.807, 2.05) is 0 Å². The van der Waals surface area contributed by atoms with Gasteiger partial charge in [0.2, 0.25) is 0 Å². The van der Waals surface area contributed by atoms with Crippen LogP contribution >= 0.6 is 11.6 Å². The lowest BCUT2D eigenvalue weighted by Crippen LogP contribution is -2.46. The molecule has 2 aromatic carbocycles. The molecule has 6 nitrogen and oxygen atoms in total. The Morgan fingerprint density at radius 3 is 2.31 bits per heavy atom. The highest BCUT2D eigenvalue weighted by Crippen LogP contribution is 2.53. The topological polar surface area (TPSA) is 78.9 Å². The Balaban J connectivity index is 2.04. The molecule has 3 rings (SSSR count). The van der Waals surface area contributed by atoms with Gasteiger partial charge in [0, 0.05) is 23.3 Å². The van der Waals surface area contributed by atoms with Crippen LogP contribution in [0.1, 0.15) is 47.1 Å². The first-order chi connectivity index (χ1) is 14.6. The van der Waals surface area contributed by atoms with Gasteiger partial charge < -0.3 is 14.2 Å². The predicted molar refractivity (Wildman–Crippen MR) is 124 cm³/mol. The number of methoxy groups -OCH3 is 1. The van der Waals surface area contributed by atoms with Gasteiger partial charge in [0.25, 0.3) is 0 Å². The van der Waals surface area contributed by atoms with Crippen molar-refractivity contribution in [1.82, 2.24) is 0 Å². The summed E-state index contributed by atoms with van der Waals surface area (Å²) in [5.41, 5.74) is 0.155. The lowest BCUT2D eigenvalue weighted by Gasteiger charge is -2.35. The van der Waals surface area contributed by atoms with Crippen molar-refractivity contribution in [3.05, 3.63) is 47.0 Å². The first-order valence-corrected chi connectivity index (χ1v) is 12.1. The van der Waals surface area contributed by atoms with E-state index >= 15 is 0 Å². The quantitative estimate of drug-likeness (QED) is 0.550. The third kappa shape index (κ3) is 4.02. The second-order valence-corrected chi connectivity index (χ2v) is 12.4. The van der Waals surface area contributed by atoms with Crippen molar-refractivity contribution in [3.8, 4) is 16.9 Å². The van der Waals surface area contributed by atoms with E-state index in [1.165, 1.54) is 7.11 Å². The van der Waals surface area contributed by atoms with E-state index in [-0.39, 0.29) is 11.5 Å². The highest BCUT2D eigenvalue weighted by atomic mass is 35.5. The summed E-state index contributed by atoms with van der Waals surface area (Å²) in [6.07, 6.45) is 0. The molecular weight excluding hydrogens is 452 g/mol. The van der Waals surface area contributed by atoms with Crippen molar-refractivity contribution in [2.75, 3.05) is 13.7 Å². The second-order valence-electron chi connectivity index (χ2n) is 9.48. The Morgan fingerprint density at radius 1 is 1.06 bits per heavy atom. The Hall–Kier alpha value is -2.09. The Kier molecular flexibility index (Phi) is 6.17. The van der Waals surface area contributed by atoms with E-state index < -0.39 is 31.8 Å². The number of ether oxygens (including phenoxy) is 3. The summed E-state index contributed by atoms with van der Waals surface area (Å²) in [5.74, 6) is -0.114. The maximum absolute atomic E-state index is 13.4. The number of halogens is 1. The second kappa shape index (κ2) is 8.04. The van der Waals surface area contributed by atoms with Gasteiger partial charge in [0.15, 0.2) is 16.4 Å². The van der Waals surface area contributed by atoms with Crippen LogP contribution in [-0.4, -0.2) is 38.5 Å². The third-order valence-corrected chi connectivity index (χ3v) is 8.92. The van der Waals surface area contributed by atoms with Crippen molar-refractivity contribution in [1.29, 1.82) is 0 Å². The molecule has 0 aromatic heterocycles. The smallest absolute Gasteiger partial charge is 0.344 e. The van der Waals surface area contributed by atoms with Crippen LogP contribution in [0.2, 0.25) is 5.02 Å². The standard InChI is InChI=1S/C24H29ClO6S/c1-22(2,3)31-21(26)14-30-19-11-9-16(25)13-17(19)15-8-10-18-20(12-15)32(27,28)23(4,5)24(18,6)29-7/h8-13H,14H2,1-7H3. The molecule has 174 valence electrons. The first-order valence-electron chi connectivity index (χ1n) is 10.2. The van der Waals surface area contributed by atoms with Gasteiger partial charge in [-0.2, -0.15) is 0 Å². The fourth-order valence-electron chi connectivity index (χ4n) is 3.88. The van der Waals surface area contributed by atoms with Gasteiger partial charge in [-0.25, -0.2) is 13.2 Å². The van der Waals surface area contributed by atoms with Gasteiger partial charge in [-0.3, -0.25) is 0 Å². The highest BCUT2D eigenvalue weighted by molar-refractivity contribution is 7.93. The molecule has 1 unspecified atom stereocenters. The Labute approximate surface area is 194 Å². The summed E-state index contributed by atoms with van der Waals surface area (Å²) in [6, 6.07) is 10.1. The van der Waals surface area contributed by atoms with Crippen LogP contribution in [0.15, 0.2) is 41.3 Å². The average Bonchev–Trinajstić information content (AvgIpc) is 2.81. The van der Waals surface area contributed by atoms with Gasteiger partial charge >= 0.3 is 5.97 Å². The fraction of sp³-hybridized carbons (Fsp3) is 0.458. The molecule has 0 N–H and O–H groups in total. The van der Waals surface area contributed by atoms with Crippen LogP contribution in [0.4, 0.5) is 0 Å². The number of benzene rings is 2. The maximum Gasteiger partial charge on any atom is 0.344 e. The molecule has 32 heavy (non-hydrogen) atoms. The summed E-state index contributed by atoms with van der Waals surface area (Å²) >= 11 is 6.22. The van der Waals surface area contributed by atoms with E-state index in [1.54, 1.807) is 77.9 Å². The number of hydrogen-bond donors (Lipinski definition) is 0. The largest absolute Gasteiger partial charge is 0.481 e. The summed E-state index contributed by atoms with van der Waals surface area (Å²) < 4.78 is 42.3. The molecule has 1 atom stereocenters. The number of carbonyl (C=O) groups is 1. The van der Waals surface area contributed by atoms with Crippen LogP contribution in [0.3, 0.4) is 0 Å². The van der Waals surface area contributed by atoms with E-state index in [0.717, 1.165) is 0 Å². The summed E-state index contributed by atoms with van der Waals surface area (Å²) in [6.45, 7) is 10.2. The predicted octanol–water partition coefficient (Wildman–Crippen LogP) is 5.16. The van der Waals surface area contributed by atoms with E-state index in [0.29, 0.717) is 27.5 Å². The zero-order valence-corrected chi connectivity index (χ0v) is 21.0. The molecule has 2 aromatic rings. The molecule has 0 aliphatic carbocycles. The van der Waals surface area contributed by atoms with Gasteiger partial charge in [-0.05, 0) is 71.4 Å². The minimum Gasteiger partial charge on any atom is -0.481 e. The lowest BCUT2D eigenvalue weighted by atomic mass is 9.84. The molecule has 0 bridgehead atoms. The number of sulfone groups is 1. The monoisotopic (exact) mass is 480 g/mol. The molecule has 1 heterocycles. The van der Waals surface area contributed by atoms with Gasteiger partial charge in [-0.1, -0.05) is 23.7 Å². The minimum absolute atomic E-state index is 0.211. The Bertz CT molecular complexity index is 1160. The van der Waals surface area contributed by atoms with Crippen LogP contribution in [-0.2, 0) is 29.7 Å². The maximum atomic E-state index is 13.4. The molecule has 0 saturated carbocycles. The van der Waals surface area contributed by atoms with Gasteiger partial charge in [0.1, 0.15) is 21.7 Å². The molecule has 8 heteroatoms. The van der Waals surface area contributed by atoms with Crippen molar-refractivity contribution in [2.24, 2.45) is 0 Å². The first kappa shape index (κ1) is 24.6. The third-order valence-electron chi connectivity index (χ3n) is 6.03. The summed E-state index contributed by atoms with van der Waals surface area (Å²) in [7, 11) is -2.16. The zero-order valence-electron chi connectivity index (χ0n) is 19.4. The minimum atomic E-state index is -3.68. The molecular formula is C24H29ClO6S. The average molecular weight is 481 g/mol. The number of carbonyl (C=O) groups excluding carboxylic acids is 1. The Morgan fingerprint density at radius 2 is 1.72 bits per heavy atom. The van der Waals surface area contributed by atoms with E-state index in [9.17, 15) is 13.2 Å². The van der Waals surface area contributed by atoms with E-state index in [2.05, 4.69) is 0 Å². The van der Waals surface area contributed by atoms with Crippen LogP contribution < -0.4 is 4.74 Å². The number of hydrogen-bond acceptors (Lipinski definition) is 6. The fourth-order valence-corrected chi connectivity index (χ4v) is 6.14. The lowest BCUT2D eigenvalue weighted by molar-refractivity contribution is -0.157. The molecule has 0 radical (unpaired) electrons. The molecule has 0 spiro atoms. The number of esters is 1. The molecule has 1 aliphatic heterocycles. The summed E-state index contributed by atoms with van der Waals surface area (Å²) in [4.78, 5) is 12.3. The molecule has 1 aliphatic rings. The SMILES string of the molecule is COC1(C)c2ccc(-c3cc(Cl)ccc3OCC(=O)OC(C)(C)C)cc2S(=O)(=O)C1(C)C.